The van der Waals surface area contributed by atoms with Crippen LogP contribution in [0, 0.1) is 5.82 Å². The highest BCUT2D eigenvalue weighted by molar-refractivity contribution is 6.22. The van der Waals surface area contributed by atoms with Crippen LogP contribution in [0.4, 0.5) is 16.0 Å². The summed E-state index contributed by atoms with van der Waals surface area (Å²) in [6, 6.07) is 13.0. The van der Waals surface area contributed by atoms with Crippen molar-refractivity contribution in [2.75, 3.05) is 36.0 Å². The highest BCUT2D eigenvalue weighted by atomic mass is 19.1. The van der Waals surface area contributed by atoms with Gasteiger partial charge >= 0.3 is 5.69 Å². The Hall–Kier alpha value is -4.58. The standard InChI is InChI=1S/C30H32FN7O4/c1-4-20-7-5-6-8-22(20)38-24(39)17-23(27(38)40)35-13-15-36(16-14-35)29-32-26-25(28(41)34(3)30(42)33(26)2)37(29)18-19-9-11-21(31)12-10-19/h5-12,23H,4,13-18H2,1-3H3. The topological polar surface area (TPSA) is 106 Å². The highest BCUT2D eigenvalue weighted by Gasteiger charge is 2.44. The molecule has 0 spiro atoms. The van der Waals surface area contributed by atoms with Crippen LogP contribution in [-0.2, 0) is 36.6 Å². The lowest BCUT2D eigenvalue weighted by molar-refractivity contribution is -0.123. The zero-order valence-electron chi connectivity index (χ0n) is 23.8. The van der Waals surface area contributed by atoms with Crippen molar-refractivity contribution in [2.24, 2.45) is 14.1 Å². The number of halogens is 1. The molecular weight excluding hydrogens is 541 g/mol. The Morgan fingerprint density at radius 1 is 0.905 bits per heavy atom. The third-order valence-corrected chi connectivity index (χ3v) is 8.36. The maximum atomic E-state index is 13.6. The van der Waals surface area contributed by atoms with Crippen molar-refractivity contribution in [1.82, 2.24) is 23.6 Å². The largest absolute Gasteiger partial charge is 0.340 e. The van der Waals surface area contributed by atoms with E-state index < -0.39 is 17.3 Å². The quantitative estimate of drug-likeness (QED) is 0.323. The number of carbonyl (C=O) groups excluding carboxylic acids is 2. The average molecular weight is 574 g/mol. The van der Waals surface area contributed by atoms with Gasteiger partial charge in [0.2, 0.25) is 11.9 Å². The first-order valence-corrected chi connectivity index (χ1v) is 14.0. The van der Waals surface area contributed by atoms with Crippen molar-refractivity contribution in [3.8, 4) is 0 Å². The number of anilines is 2. The summed E-state index contributed by atoms with van der Waals surface area (Å²) < 4.78 is 17.8. The number of nitrogens with zero attached hydrogens (tertiary/aromatic N) is 7. The van der Waals surface area contributed by atoms with Gasteiger partial charge in [0.1, 0.15) is 5.82 Å². The zero-order chi connectivity index (χ0) is 29.7. The van der Waals surface area contributed by atoms with Crippen molar-refractivity contribution >= 4 is 34.6 Å². The molecule has 0 saturated carbocycles. The monoisotopic (exact) mass is 573 g/mol. The predicted molar refractivity (Wildman–Crippen MR) is 156 cm³/mol. The van der Waals surface area contributed by atoms with Gasteiger partial charge in [-0.15, -0.1) is 0 Å². The van der Waals surface area contributed by atoms with Crippen molar-refractivity contribution < 1.29 is 14.0 Å². The molecule has 12 heteroatoms. The maximum absolute atomic E-state index is 13.6. The Kier molecular flexibility index (Phi) is 7.01. The summed E-state index contributed by atoms with van der Waals surface area (Å²) >= 11 is 0. The van der Waals surface area contributed by atoms with Crippen LogP contribution in [0.25, 0.3) is 11.2 Å². The van der Waals surface area contributed by atoms with Crippen LogP contribution in [0.1, 0.15) is 24.5 Å². The van der Waals surface area contributed by atoms with E-state index in [9.17, 15) is 23.6 Å². The number of hydrogen-bond acceptors (Lipinski definition) is 7. The smallest absolute Gasteiger partial charge is 0.332 e. The zero-order valence-corrected chi connectivity index (χ0v) is 23.8. The molecule has 42 heavy (non-hydrogen) atoms. The molecule has 4 aromatic rings. The van der Waals surface area contributed by atoms with E-state index in [0.717, 1.165) is 15.7 Å². The van der Waals surface area contributed by atoms with Gasteiger partial charge in [-0.1, -0.05) is 37.3 Å². The summed E-state index contributed by atoms with van der Waals surface area (Å²) in [4.78, 5) is 62.6. The van der Waals surface area contributed by atoms with E-state index >= 15 is 0 Å². The third kappa shape index (κ3) is 4.51. The number of para-hydroxylation sites is 1. The van der Waals surface area contributed by atoms with Gasteiger partial charge in [-0.05, 0) is 35.7 Å². The first-order chi connectivity index (χ1) is 20.2. The number of amides is 2. The molecule has 1 unspecified atom stereocenters. The van der Waals surface area contributed by atoms with Crippen molar-refractivity contribution in [1.29, 1.82) is 0 Å². The summed E-state index contributed by atoms with van der Waals surface area (Å²) in [6.07, 6.45) is 0.836. The fourth-order valence-corrected chi connectivity index (χ4v) is 6.01. The molecule has 2 aromatic heterocycles. The summed E-state index contributed by atoms with van der Waals surface area (Å²) in [6.45, 7) is 4.24. The number of piperazine rings is 1. The van der Waals surface area contributed by atoms with Crippen LogP contribution >= 0.6 is 0 Å². The van der Waals surface area contributed by atoms with E-state index in [0.29, 0.717) is 44.2 Å². The number of fused-ring (bicyclic) bond motifs is 1. The molecule has 1 atom stereocenters. The van der Waals surface area contributed by atoms with Gasteiger partial charge in [-0.25, -0.2) is 14.1 Å². The van der Waals surface area contributed by atoms with Crippen LogP contribution in [0.15, 0.2) is 58.1 Å². The minimum absolute atomic E-state index is 0.123. The first-order valence-electron chi connectivity index (χ1n) is 14.0. The van der Waals surface area contributed by atoms with Gasteiger partial charge in [-0.3, -0.25) is 33.0 Å². The Labute approximate surface area is 241 Å². The lowest BCUT2D eigenvalue weighted by Crippen LogP contribution is -2.53. The summed E-state index contributed by atoms with van der Waals surface area (Å²) in [7, 11) is 3.01. The molecule has 11 nitrogen and oxygen atoms in total. The molecule has 6 rings (SSSR count). The number of hydrogen-bond donors (Lipinski definition) is 0. The Morgan fingerprint density at radius 2 is 1.60 bits per heavy atom. The fraction of sp³-hybridized carbons (Fsp3) is 0.367. The van der Waals surface area contributed by atoms with Gasteiger partial charge in [0, 0.05) is 40.3 Å². The maximum Gasteiger partial charge on any atom is 0.332 e. The second kappa shape index (κ2) is 10.7. The second-order valence-electron chi connectivity index (χ2n) is 10.8. The van der Waals surface area contributed by atoms with E-state index in [4.69, 9.17) is 4.98 Å². The molecule has 218 valence electrons. The molecule has 2 saturated heterocycles. The number of aromatic nitrogens is 4. The number of imidazole rings is 1. The number of imide groups is 1. The number of carbonyl (C=O) groups is 2. The van der Waals surface area contributed by atoms with Crippen molar-refractivity contribution in [3.05, 3.63) is 86.3 Å². The second-order valence-corrected chi connectivity index (χ2v) is 10.8. The summed E-state index contributed by atoms with van der Waals surface area (Å²) in [5.74, 6) is -0.261. The molecule has 4 heterocycles. The summed E-state index contributed by atoms with van der Waals surface area (Å²) in [5, 5.41) is 0. The average Bonchev–Trinajstić information content (AvgIpc) is 3.52. The van der Waals surface area contributed by atoms with Crippen molar-refractivity contribution in [2.45, 2.75) is 32.4 Å². The normalized spacial score (nSPS) is 18.0. The minimum atomic E-state index is -0.546. The lowest BCUT2D eigenvalue weighted by atomic mass is 10.1. The number of benzene rings is 2. The van der Waals surface area contributed by atoms with Crippen LogP contribution in [0.5, 0.6) is 0 Å². The molecule has 2 aliphatic heterocycles. The Morgan fingerprint density at radius 3 is 2.29 bits per heavy atom. The van der Waals surface area contributed by atoms with E-state index in [1.165, 1.54) is 28.6 Å². The molecule has 0 aliphatic carbocycles. The number of aryl methyl sites for hydroxylation is 2. The van der Waals surface area contributed by atoms with E-state index in [2.05, 4.69) is 0 Å². The third-order valence-electron chi connectivity index (χ3n) is 8.36. The molecular formula is C30H32FN7O4. The van der Waals surface area contributed by atoms with Crippen LogP contribution < -0.4 is 21.0 Å². The van der Waals surface area contributed by atoms with Gasteiger partial charge in [-0.2, -0.15) is 4.98 Å². The Balaban J connectivity index is 1.29. The minimum Gasteiger partial charge on any atom is -0.340 e. The predicted octanol–water partition coefficient (Wildman–Crippen LogP) is 1.64. The Bertz CT molecular complexity index is 1820. The van der Waals surface area contributed by atoms with Crippen LogP contribution in [0.2, 0.25) is 0 Å². The molecule has 2 aromatic carbocycles. The van der Waals surface area contributed by atoms with Crippen molar-refractivity contribution in [3.63, 3.8) is 0 Å². The molecule has 0 radical (unpaired) electrons. The summed E-state index contributed by atoms with van der Waals surface area (Å²) in [5.41, 5.74) is 1.98. The SMILES string of the molecule is CCc1ccccc1N1C(=O)CC(N2CCN(c3nc4c(c(=O)n(C)c(=O)n4C)n3Cc3ccc(F)cc3)CC2)C1=O. The van der Waals surface area contributed by atoms with Crippen LogP contribution in [0.3, 0.4) is 0 Å². The van der Waals surface area contributed by atoms with E-state index in [1.807, 2.05) is 41.0 Å². The molecule has 0 N–H and O–H groups in total. The number of rotatable bonds is 6. The van der Waals surface area contributed by atoms with E-state index in [1.54, 1.807) is 23.7 Å². The lowest BCUT2D eigenvalue weighted by Gasteiger charge is -2.37. The van der Waals surface area contributed by atoms with Gasteiger partial charge in [0.05, 0.1) is 24.7 Å². The van der Waals surface area contributed by atoms with Gasteiger partial charge in [0.15, 0.2) is 11.2 Å². The van der Waals surface area contributed by atoms with Gasteiger partial charge < -0.3 is 4.90 Å². The molecule has 2 fully saturated rings. The molecule has 0 bridgehead atoms. The first kappa shape index (κ1) is 27.6. The van der Waals surface area contributed by atoms with Gasteiger partial charge in [0.25, 0.3) is 11.5 Å². The van der Waals surface area contributed by atoms with Crippen LogP contribution in [-0.4, -0.2) is 67.6 Å². The molecule has 2 aliphatic rings. The van der Waals surface area contributed by atoms with E-state index in [-0.39, 0.29) is 41.8 Å². The highest BCUT2D eigenvalue weighted by Crippen LogP contribution is 2.30. The molecule has 2 amide bonds. The fourth-order valence-electron chi connectivity index (χ4n) is 6.01.